The highest BCUT2D eigenvalue weighted by Gasteiger charge is 2.23. The zero-order chi connectivity index (χ0) is 17.0. The summed E-state index contributed by atoms with van der Waals surface area (Å²) in [5, 5.41) is 16.8. The fourth-order valence-electron chi connectivity index (χ4n) is 2.20. The molecule has 2 N–H and O–H groups in total. The molecule has 2 heterocycles. The van der Waals surface area contributed by atoms with Crippen LogP contribution < -0.4 is 5.32 Å². The van der Waals surface area contributed by atoms with Crippen LogP contribution >= 0.6 is 11.3 Å². The fourth-order valence-corrected chi connectivity index (χ4v) is 2.99. The lowest BCUT2D eigenvalue weighted by Gasteiger charge is -2.22. The molecule has 0 radical (unpaired) electrons. The second-order valence-electron chi connectivity index (χ2n) is 5.62. The van der Waals surface area contributed by atoms with Gasteiger partial charge in [-0.05, 0) is 47.5 Å². The largest absolute Gasteiger partial charge is 0.384 e. The Kier molecular flexibility index (Phi) is 4.69. The molecule has 0 fully saturated rings. The molecule has 0 bridgehead atoms. The van der Waals surface area contributed by atoms with Crippen molar-refractivity contribution in [3.05, 3.63) is 64.6 Å². The van der Waals surface area contributed by atoms with Gasteiger partial charge in [0.05, 0.1) is 29.5 Å². The van der Waals surface area contributed by atoms with Crippen molar-refractivity contribution in [2.75, 3.05) is 6.54 Å². The molecule has 1 amide bonds. The maximum Gasteiger partial charge on any atom is 0.244 e. The SMILES string of the molecule is C[C@@](O)(CNC(=O)/C=C\c1cnc2ccccc2n1)c1ccsc1. The van der Waals surface area contributed by atoms with Crippen molar-refractivity contribution in [1.82, 2.24) is 15.3 Å². The van der Waals surface area contributed by atoms with Crippen molar-refractivity contribution in [2.24, 2.45) is 0 Å². The number of hydrogen-bond donors (Lipinski definition) is 2. The molecule has 1 atom stereocenters. The number of hydrogen-bond acceptors (Lipinski definition) is 5. The van der Waals surface area contributed by atoms with Crippen LogP contribution in [0.15, 0.2) is 53.4 Å². The molecular formula is C18H17N3O2S. The average Bonchev–Trinajstić information content (AvgIpc) is 3.13. The van der Waals surface area contributed by atoms with Gasteiger partial charge in [-0.15, -0.1) is 0 Å². The predicted molar refractivity (Wildman–Crippen MR) is 95.5 cm³/mol. The maximum absolute atomic E-state index is 11.9. The molecular weight excluding hydrogens is 322 g/mol. The maximum atomic E-state index is 11.9. The molecule has 6 heteroatoms. The molecule has 2 aromatic heterocycles. The Morgan fingerprint density at radius 1 is 1.33 bits per heavy atom. The highest BCUT2D eigenvalue weighted by molar-refractivity contribution is 7.08. The molecule has 0 aliphatic rings. The smallest absolute Gasteiger partial charge is 0.244 e. The molecule has 122 valence electrons. The van der Waals surface area contributed by atoms with Gasteiger partial charge in [-0.3, -0.25) is 9.78 Å². The van der Waals surface area contributed by atoms with E-state index in [1.54, 1.807) is 19.2 Å². The summed E-state index contributed by atoms with van der Waals surface area (Å²) in [6, 6.07) is 9.40. The third-order valence-corrected chi connectivity index (χ3v) is 4.31. The van der Waals surface area contributed by atoms with Crippen molar-refractivity contribution >= 4 is 34.4 Å². The second-order valence-corrected chi connectivity index (χ2v) is 6.40. The molecule has 0 spiro atoms. The van der Waals surface area contributed by atoms with E-state index in [9.17, 15) is 9.90 Å². The van der Waals surface area contributed by atoms with Gasteiger partial charge in [-0.25, -0.2) is 4.98 Å². The summed E-state index contributed by atoms with van der Waals surface area (Å²) in [4.78, 5) is 20.7. The first kappa shape index (κ1) is 16.3. The van der Waals surface area contributed by atoms with Crippen molar-refractivity contribution in [2.45, 2.75) is 12.5 Å². The predicted octanol–water partition coefficient (Wildman–Crippen LogP) is 2.73. The topological polar surface area (TPSA) is 75.1 Å². The highest BCUT2D eigenvalue weighted by atomic mass is 32.1. The van der Waals surface area contributed by atoms with Gasteiger partial charge in [0.25, 0.3) is 0 Å². The van der Waals surface area contributed by atoms with Crippen LogP contribution in [0.5, 0.6) is 0 Å². The van der Waals surface area contributed by atoms with Gasteiger partial charge in [0.1, 0.15) is 5.60 Å². The standard InChI is InChI=1S/C18H17N3O2S/c1-18(23,13-8-9-24-11-13)12-20-17(22)7-6-14-10-19-15-4-2-3-5-16(15)21-14/h2-11,23H,12H2,1H3,(H,20,22)/b7-6-/t18-/m1/s1. The average molecular weight is 339 g/mol. The van der Waals surface area contributed by atoms with E-state index in [1.165, 1.54) is 17.4 Å². The number of para-hydroxylation sites is 2. The Bertz CT molecular complexity index is 873. The second kappa shape index (κ2) is 6.90. The van der Waals surface area contributed by atoms with Gasteiger partial charge in [0.2, 0.25) is 5.91 Å². The lowest BCUT2D eigenvalue weighted by atomic mass is 9.99. The lowest BCUT2D eigenvalue weighted by molar-refractivity contribution is -0.117. The Morgan fingerprint density at radius 2 is 2.12 bits per heavy atom. The molecule has 3 aromatic rings. The number of nitrogens with zero attached hydrogens (tertiary/aromatic N) is 2. The molecule has 0 saturated carbocycles. The van der Waals surface area contributed by atoms with Crippen LogP contribution in [0.4, 0.5) is 0 Å². The summed E-state index contributed by atoms with van der Waals surface area (Å²) in [5.41, 5.74) is 1.89. The van der Waals surface area contributed by atoms with E-state index < -0.39 is 5.60 Å². The van der Waals surface area contributed by atoms with Crippen LogP contribution in [-0.4, -0.2) is 27.5 Å². The van der Waals surface area contributed by atoms with Crippen LogP contribution in [0.2, 0.25) is 0 Å². The summed E-state index contributed by atoms with van der Waals surface area (Å²) in [6.07, 6.45) is 4.62. The summed E-state index contributed by atoms with van der Waals surface area (Å²) < 4.78 is 0. The van der Waals surface area contributed by atoms with Gasteiger partial charge < -0.3 is 10.4 Å². The van der Waals surface area contributed by atoms with E-state index in [-0.39, 0.29) is 12.5 Å². The Hall–Kier alpha value is -2.57. The minimum absolute atomic E-state index is 0.135. The number of carbonyl (C=O) groups is 1. The quantitative estimate of drug-likeness (QED) is 0.701. The lowest BCUT2D eigenvalue weighted by Crippen LogP contribution is -2.37. The van der Waals surface area contributed by atoms with Crippen LogP contribution in [0, 0.1) is 0 Å². The molecule has 24 heavy (non-hydrogen) atoms. The summed E-state index contributed by atoms with van der Waals surface area (Å²) in [6.45, 7) is 1.81. The number of benzene rings is 1. The van der Waals surface area contributed by atoms with E-state index in [4.69, 9.17) is 0 Å². The molecule has 5 nitrogen and oxygen atoms in total. The van der Waals surface area contributed by atoms with E-state index >= 15 is 0 Å². The monoisotopic (exact) mass is 339 g/mol. The van der Waals surface area contributed by atoms with Crippen LogP contribution in [0.3, 0.4) is 0 Å². The summed E-state index contributed by atoms with van der Waals surface area (Å²) in [7, 11) is 0. The Morgan fingerprint density at radius 3 is 2.88 bits per heavy atom. The van der Waals surface area contributed by atoms with Gasteiger partial charge in [0.15, 0.2) is 0 Å². The van der Waals surface area contributed by atoms with E-state index in [0.717, 1.165) is 16.6 Å². The molecule has 1 aromatic carbocycles. The highest BCUT2D eigenvalue weighted by Crippen LogP contribution is 2.21. The van der Waals surface area contributed by atoms with Gasteiger partial charge in [0, 0.05) is 6.08 Å². The number of aliphatic hydroxyl groups is 1. The van der Waals surface area contributed by atoms with E-state index in [1.807, 2.05) is 41.1 Å². The third-order valence-electron chi connectivity index (χ3n) is 3.62. The molecule has 3 rings (SSSR count). The first-order chi connectivity index (χ1) is 11.5. The van der Waals surface area contributed by atoms with Gasteiger partial charge in [-0.1, -0.05) is 12.1 Å². The van der Waals surface area contributed by atoms with Crippen molar-refractivity contribution < 1.29 is 9.90 Å². The van der Waals surface area contributed by atoms with Crippen LogP contribution in [-0.2, 0) is 10.4 Å². The normalized spacial score (nSPS) is 13.9. The summed E-state index contributed by atoms with van der Waals surface area (Å²) in [5.74, 6) is -0.291. The Balaban J connectivity index is 1.62. The molecule has 0 saturated heterocycles. The number of fused-ring (bicyclic) bond motifs is 1. The number of rotatable bonds is 5. The minimum atomic E-state index is -1.09. The summed E-state index contributed by atoms with van der Waals surface area (Å²) >= 11 is 1.51. The first-order valence-electron chi connectivity index (χ1n) is 7.47. The zero-order valence-corrected chi connectivity index (χ0v) is 14.0. The fraction of sp³-hybridized carbons (Fsp3) is 0.167. The van der Waals surface area contributed by atoms with Crippen LogP contribution in [0.25, 0.3) is 17.1 Å². The number of thiophene rings is 1. The number of nitrogens with one attached hydrogen (secondary N) is 1. The van der Waals surface area contributed by atoms with Crippen molar-refractivity contribution in [1.29, 1.82) is 0 Å². The van der Waals surface area contributed by atoms with Crippen molar-refractivity contribution in [3.8, 4) is 0 Å². The molecule has 0 unspecified atom stereocenters. The number of carbonyl (C=O) groups excluding carboxylic acids is 1. The van der Waals surface area contributed by atoms with E-state index in [2.05, 4.69) is 15.3 Å². The van der Waals surface area contributed by atoms with Gasteiger partial charge in [-0.2, -0.15) is 11.3 Å². The van der Waals surface area contributed by atoms with Crippen LogP contribution in [0.1, 0.15) is 18.2 Å². The van der Waals surface area contributed by atoms with E-state index in [0.29, 0.717) is 5.69 Å². The number of aromatic nitrogens is 2. The number of amides is 1. The van der Waals surface area contributed by atoms with Gasteiger partial charge >= 0.3 is 0 Å². The Labute approximate surface area is 143 Å². The zero-order valence-electron chi connectivity index (χ0n) is 13.1. The first-order valence-corrected chi connectivity index (χ1v) is 8.42. The third kappa shape index (κ3) is 3.84. The minimum Gasteiger partial charge on any atom is -0.384 e. The molecule has 0 aliphatic carbocycles. The van der Waals surface area contributed by atoms with Crippen molar-refractivity contribution in [3.63, 3.8) is 0 Å². The molecule has 0 aliphatic heterocycles.